The van der Waals surface area contributed by atoms with Gasteiger partial charge in [0.05, 0.1) is 36.6 Å². The lowest BCUT2D eigenvalue weighted by molar-refractivity contribution is -0.128. The first-order valence-corrected chi connectivity index (χ1v) is 35.0. The minimum Gasteiger partial charge on any atom is -0.444 e. The number of aliphatic hydroxyl groups is 1. The summed E-state index contributed by atoms with van der Waals surface area (Å²) in [7, 11) is 0. The third-order valence-corrected chi connectivity index (χ3v) is 17.4. The number of amides is 4. The standard InChI is InChI=1S/C40H55N3O4.C25H34N2O.C15H21NO3/c1-40(2,3)47-39(46)42-36(28-33-20-11-6-12-21-33)37(44)30-43-27-15-24-34(29-43)38(45)41-35(25-13-22-31-16-7-4-8-17-31)26-14-23-32-18-9-5-10-19-32;28-25(23-16-9-19-26-20-23)27-24(17-7-14-21-10-3-1-4-11-21)18-8-15-22-12-5-2-6-13-22;1-15(2,3)19-14(17)16-12(13-10-18-13)9-11-7-5-4-6-8-11/h4-12,16-21,34-37,44H,13-15,22-30H2,1-3H3,(H,41,45)(H,42,46);1-6,10-13,23-24,26H,7-9,14-20H2,(H,27,28);4-8,12-13H,9-10H2,1-3H3,(H,16,17). The van der Waals surface area contributed by atoms with Crippen molar-refractivity contribution >= 4 is 24.0 Å². The maximum atomic E-state index is 13.7. The van der Waals surface area contributed by atoms with Crippen molar-refractivity contribution in [2.45, 2.75) is 205 Å². The summed E-state index contributed by atoms with van der Waals surface area (Å²) in [6, 6.07) is 62.1. The van der Waals surface area contributed by atoms with Gasteiger partial charge in [-0.05, 0) is 204 Å². The van der Waals surface area contributed by atoms with Gasteiger partial charge in [-0.3, -0.25) is 14.5 Å². The average Bonchev–Trinajstić information content (AvgIpc) is 1.71. The van der Waals surface area contributed by atoms with Gasteiger partial charge in [0.1, 0.15) is 17.3 Å². The summed E-state index contributed by atoms with van der Waals surface area (Å²) in [4.78, 5) is 53.1. The van der Waals surface area contributed by atoms with Crippen LogP contribution in [-0.2, 0) is 62.3 Å². The van der Waals surface area contributed by atoms with Crippen molar-refractivity contribution < 1.29 is 38.5 Å². The first-order valence-electron chi connectivity index (χ1n) is 35.0. The molecule has 0 saturated carbocycles. The predicted molar refractivity (Wildman–Crippen MR) is 378 cm³/mol. The fourth-order valence-corrected chi connectivity index (χ4v) is 12.4. The van der Waals surface area contributed by atoms with E-state index >= 15 is 0 Å². The van der Waals surface area contributed by atoms with Crippen molar-refractivity contribution in [3.8, 4) is 0 Å². The first-order chi connectivity index (χ1) is 45.4. The Morgan fingerprint density at radius 2 is 0.883 bits per heavy atom. The summed E-state index contributed by atoms with van der Waals surface area (Å²) in [5, 5.41) is 27.4. The number of carbonyl (C=O) groups excluding carboxylic acids is 4. The highest BCUT2D eigenvalue weighted by molar-refractivity contribution is 5.79. The molecule has 4 amide bonds. The van der Waals surface area contributed by atoms with E-state index in [-0.39, 0.29) is 54.0 Å². The maximum Gasteiger partial charge on any atom is 0.407 e. The molecular weight excluding hydrogens is 1170 g/mol. The zero-order valence-corrected chi connectivity index (χ0v) is 57.2. The number of epoxide rings is 1. The summed E-state index contributed by atoms with van der Waals surface area (Å²) >= 11 is 0. The molecule has 3 aliphatic heterocycles. The molecule has 0 bridgehead atoms. The molecule has 0 aliphatic carbocycles. The Bertz CT molecular complexity index is 2960. The molecule has 3 heterocycles. The summed E-state index contributed by atoms with van der Waals surface area (Å²) in [5.74, 6) is 0.366. The molecule has 14 heteroatoms. The van der Waals surface area contributed by atoms with Crippen LogP contribution in [0.5, 0.6) is 0 Å². The normalized spacial score (nSPS) is 17.4. The minimum atomic E-state index is -0.826. The second kappa shape index (κ2) is 40.1. The lowest BCUT2D eigenvalue weighted by Gasteiger charge is -2.36. The smallest absolute Gasteiger partial charge is 0.407 e. The Labute approximate surface area is 562 Å². The Balaban J connectivity index is 0.000000223. The fraction of sp³-hybridized carbons (Fsp3) is 0.500. The van der Waals surface area contributed by atoms with E-state index in [0.29, 0.717) is 26.1 Å². The van der Waals surface area contributed by atoms with E-state index < -0.39 is 29.4 Å². The van der Waals surface area contributed by atoms with Gasteiger partial charge in [-0.2, -0.15) is 0 Å². The van der Waals surface area contributed by atoms with Crippen LogP contribution in [0.4, 0.5) is 9.59 Å². The summed E-state index contributed by atoms with van der Waals surface area (Å²) < 4.78 is 16.1. The number of nitrogens with zero attached hydrogens (tertiary/aromatic N) is 1. The highest BCUT2D eigenvalue weighted by Crippen LogP contribution is 2.23. The third-order valence-electron chi connectivity index (χ3n) is 17.4. The number of hydrogen-bond donors (Lipinski definition) is 6. The van der Waals surface area contributed by atoms with Gasteiger partial charge >= 0.3 is 12.2 Å². The fourth-order valence-electron chi connectivity index (χ4n) is 12.4. The van der Waals surface area contributed by atoms with Gasteiger partial charge in [-0.25, -0.2) is 9.59 Å². The number of rotatable bonds is 30. The Morgan fingerprint density at radius 3 is 1.27 bits per heavy atom. The van der Waals surface area contributed by atoms with E-state index in [2.05, 4.69) is 141 Å². The highest BCUT2D eigenvalue weighted by Gasteiger charge is 2.36. The van der Waals surface area contributed by atoms with E-state index in [0.717, 1.165) is 134 Å². The van der Waals surface area contributed by atoms with Crippen LogP contribution in [0.3, 0.4) is 0 Å². The van der Waals surface area contributed by atoms with Crippen molar-refractivity contribution in [3.63, 3.8) is 0 Å². The number of benzene rings is 6. The largest absolute Gasteiger partial charge is 0.444 e. The van der Waals surface area contributed by atoms with E-state index in [1.54, 1.807) is 0 Å². The number of ether oxygens (including phenoxy) is 3. The van der Waals surface area contributed by atoms with Crippen LogP contribution in [0.15, 0.2) is 182 Å². The van der Waals surface area contributed by atoms with Crippen molar-refractivity contribution in [2.75, 3.05) is 39.3 Å². The van der Waals surface area contributed by atoms with Gasteiger partial charge in [0.25, 0.3) is 0 Å². The number of likely N-dealkylation sites (tertiary alicyclic amines) is 1. The average molecular weight is 1280 g/mol. The topological polar surface area (TPSA) is 183 Å². The van der Waals surface area contributed by atoms with Crippen LogP contribution in [0.25, 0.3) is 0 Å². The molecule has 0 radical (unpaired) electrons. The van der Waals surface area contributed by atoms with Crippen LogP contribution in [0, 0.1) is 11.8 Å². The molecule has 6 aromatic rings. The van der Waals surface area contributed by atoms with Crippen molar-refractivity contribution in [3.05, 3.63) is 215 Å². The summed E-state index contributed by atoms with van der Waals surface area (Å²) in [5.41, 5.74) is 6.51. The zero-order chi connectivity index (χ0) is 66.8. The lowest BCUT2D eigenvalue weighted by Crippen LogP contribution is -2.53. The molecule has 0 aromatic heterocycles. The van der Waals surface area contributed by atoms with Gasteiger partial charge in [-0.1, -0.05) is 182 Å². The van der Waals surface area contributed by atoms with Gasteiger partial charge in [0.2, 0.25) is 11.8 Å². The molecule has 9 rings (SSSR count). The first kappa shape index (κ1) is 74.0. The van der Waals surface area contributed by atoms with E-state index in [9.17, 15) is 24.3 Å². The van der Waals surface area contributed by atoms with E-state index in [4.69, 9.17) is 14.2 Å². The number of aliphatic hydroxyl groups excluding tert-OH is 1. The Kier molecular flexibility index (Phi) is 31.6. The number of β-amino-alcohol motifs (C(OH)–C–C–N with tert-alkyl or cyclic N) is 1. The second-order valence-electron chi connectivity index (χ2n) is 27.9. The van der Waals surface area contributed by atoms with Crippen LogP contribution in [-0.4, -0.2) is 121 Å². The van der Waals surface area contributed by atoms with Gasteiger partial charge in [0, 0.05) is 31.7 Å². The van der Waals surface area contributed by atoms with Gasteiger partial charge in [-0.15, -0.1) is 0 Å². The van der Waals surface area contributed by atoms with Crippen molar-refractivity contribution in [1.29, 1.82) is 0 Å². The Morgan fingerprint density at radius 1 is 0.511 bits per heavy atom. The lowest BCUT2D eigenvalue weighted by atomic mass is 9.94. The van der Waals surface area contributed by atoms with Crippen LogP contribution < -0.4 is 26.6 Å². The molecule has 0 spiro atoms. The van der Waals surface area contributed by atoms with E-state index in [1.165, 1.54) is 27.8 Å². The predicted octanol–water partition coefficient (Wildman–Crippen LogP) is 13.8. The maximum absolute atomic E-state index is 13.7. The minimum absolute atomic E-state index is 0.0303. The summed E-state index contributed by atoms with van der Waals surface area (Å²) in [6.07, 6.45) is 15.9. The number of piperidine rings is 2. The van der Waals surface area contributed by atoms with Crippen LogP contribution in [0.2, 0.25) is 0 Å². The van der Waals surface area contributed by atoms with Gasteiger partial charge < -0.3 is 45.9 Å². The number of alkyl carbamates (subject to hydrolysis) is 2. The molecule has 14 nitrogen and oxygen atoms in total. The molecule has 6 atom stereocenters. The van der Waals surface area contributed by atoms with Crippen molar-refractivity contribution in [1.82, 2.24) is 31.5 Å². The molecule has 94 heavy (non-hydrogen) atoms. The number of carbonyl (C=O) groups is 4. The molecule has 3 aliphatic rings. The SMILES string of the molecule is CC(C)(C)OC(=O)NC(Cc1ccccc1)C(O)CN1CCCC(C(=O)NC(CCCc2ccccc2)CCCc2ccccc2)C1.CC(C)(C)OC(=O)NC(Cc1ccccc1)C1CO1.O=C(NC(CCCc1ccccc1)CCCc1ccccc1)C1CCCNC1. The number of hydrogen-bond acceptors (Lipinski definition) is 10. The molecule has 3 saturated heterocycles. The number of aryl methyl sites for hydroxylation is 4. The molecular formula is C80H110N6O8. The quantitative estimate of drug-likeness (QED) is 0.0237. The molecule has 3 fully saturated rings. The second-order valence-corrected chi connectivity index (χ2v) is 27.9. The summed E-state index contributed by atoms with van der Waals surface area (Å²) in [6.45, 7) is 15.4. The van der Waals surface area contributed by atoms with Crippen molar-refractivity contribution in [2.24, 2.45) is 11.8 Å². The zero-order valence-electron chi connectivity index (χ0n) is 57.2. The van der Waals surface area contributed by atoms with Gasteiger partial charge in [0.15, 0.2) is 0 Å². The van der Waals surface area contributed by atoms with E-state index in [1.807, 2.05) is 114 Å². The number of nitrogens with one attached hydrogen (secondary N) is 5. The van der Waals surface area contributed by atoms with Crippen LogP contribution >= 0.6 is 0 Å². The van der Waals surface area contributed by atoms with Crippen LogP contribution in [0.1, 0.15) is 152 Å². The Hall–Kier alpha value is -7.36. The highest BCUT2D eigenvalue weighted by atomic mass is 16.6. The third kappa shape index (κ3) is 30.4. The molecule has 6 N–H and O–H groups in total. The molecule has 6 unspecified atom stereocenters. The monoisotopic (exact) mass is 1280 g/mol. The molecule has 6 aromatic carbocycles. The molecule has 508 valence electrons.